The Balaban J connectivity index is 1.43. The van der Waals surface area contributed by atoms with E-state index in [0.717, 1.165) is 22.3 Å². The van der Waals surface area contributed by atoms with E-state index in [9.17, 15) is 4.57 Å². The Hall–Kier alpha value is -3.92. The SMILES string of the molecule is CCOP(=O)(OCC)c1cn2c(n1)[C@@H](OCc1ccccc1)[C@@H](OCc1ccccc1)[C@H](OCc1ccccc1)[C@H]2COCc1ccccc1. The molecule has 5 aromatic rings. The first kappa shape index (κ1) is 35.9. The van der Waals surface area contributed by atoms with Gasteiger partial charge in [0.2, 0.25) is 0 Å². The number of ether oxygens (including phenoxy) is 4. The van der Waals surface area contributed by atoms with Crippen molar-refractivity contribution in [3.63, 3.8) is 0 Å². The fraction of sp³-hybridized carbons (Fsp3) is 0.325. The second-order valence-corrected chi connectivity index (χ2v) is 14.0. The Morgan fingerprint density at radius 3 is 1.52 bits per heavy atom. The maximum atomic E-state index is 14.2. The Bertz CT molecular complexity index is 1760. The number of benzene rings is 4. The van der Waals surface area contributed by atoms with Crippen molar-refractivity contribution in [1.82, 2.24) is 9.55 Å². The van der Waals surface area contributed by atoms with Crippen molar-refractivity contribution in [3.8, 4) is 0 Å². The molecule has 0 spiro atoms. The molecule has 0 saturated heterocycles. The summed E-state index contributed by atoms with van der Waals surface area (Å²) >= 11 is 0. The van der Waals surface area contributed by atoms with E-state index in [2.05, 4.69) is 0 Å². The van der Waals surface area contributed by atoms with Crippen molar-refractivity contribution in [3.05, 3.63) is 156 Å². The van der Waals surface area contributed by atoms with Crippen molar-refractivity contribution >= 4 is 13.0 Å². The van der Waals surface area contributed by atoms with Gasteiger partial charge in [0.15, 0.2) is 5.44 Å². The highest BCUT2D eigenvalue weighted by molar-refractivity contribution is 7.61. The molecule has 262 valence electrons. The lowest BCUT2D eigenvalue weighted by molar-refractivity contribution is -0.188. The van der Waals surface area contributed by atoms with Gasteiger partial charge >= 0.3 is 7.60 Å². The quantitative estimate of drug-likeness (QED) is 0.0853. The zero-order valence-corrected chi connectivity index (χ0v) is 29.5. The molecule has 4 aromatic carbocycles. The van der Waals surface area contributed by atoms with Gasteiger partial charge in [0, 0.05) is 6.20 Å². The van der Waals surface area contributed by atoms with Crippen LogP contribution in [0, 0.1) is 0 Å². The maximum Gasteiger partial charge on any atom is 0.381 e. The molecule has 4 atom stereocenters. The van der Waals surface area contributed by atoms with E-state index >= 15 is 0 Å². The number of hydrogen-bond acceptors (Lipinski definition) is 8. The summed E-state index contributed by atoms with van der Waals surface area (Å²) in [6.07, 6.45) is -0.114. The Morgan fingerprint density at radius 2 is 1.04 bits per heavy atom. The minimum atomic E-state index is -3.76. The summed E-state index contributed by atoms with van der Waals surface area (Å²) in [7, 11) is -3.76. The monoisotopic (exact) mass is 696 g/mol. The molecule has 0 aliphatic carbocycles. The fourth-order valence-electron chi connectivity index (χ4n) is 6.11. The molecule has 10 heteroatoms. The highest BCUT2D eigenvalue weighted by Gasteiger charge is 2.48. The highest BCUT2D eigenvalue weighted by Crippen LogP contribution is 2.48. The van der Waals surface area contributed by atoms with Crippen LogP contribution in [0.2, 0.25) is 0 Å². The van der Waals surface area contributed by atoms with Crippen LogP contribution >= 0.6 is 7.60 Å². The lowest BCUT2D eigenvalue weighted by atomic mass is 9.95. The maximum absolute atomic E-state index is 14.2. The van der Waals surface area contributed by atoms with Crippen molar-refractivity contribution in [2.75, 3.05) is 19.8 Å². The molecule has 0 saturated carbocycles. The van der Waals surface area contributed by atoms with Gasteiger partial charge in [0.1, 0.15) is 24.1 Å². The van der Waals surface area contributed by atoms with Gasteiger partial charge < -0.3 is 32.6 Å². The summed E-state index contributed by atoms with van der Waals surface area (Å²) in [5, 5.41) is 0. The van der Waals surface area contributed by atoms with Crippen molar-refractivity contribution in [2.24, 2.45) is 0 Å². The van der Waals surface area contributed by atoms with Crippen LogP contribution in [0.25, 0.3) is 0 Å². The lowest BCUT2D eigenvalue weighted by Crippen LogP contribution is -2.50. The largest absolute Gasteiger partial charge is 0.381 e. The smallest absolute Gasteiger partial charge is 0.375 e. The molecule has 0 fully saturated rings. The Labute approximate surface area is 294 Å². The summed E-state index contributed by atoms with van der Waals surface area (Å²) < 4.78 is 54.5. The van der Waals surface area contributed by atoms with Gasteiger partial charge in [-0.1, -0.05) is 121 Å². The van der Waals surface area contributed by atoms with E-state index < -0.39 is 31.9 Å². The molecule has 9 nitrogen and oxygen atoms in total. The van der Waals surface area contributed by atoms with Gasteiger partial charge in [0.05, 0.1) is 52.3 Å². The molecule has 1 aliphatic rings. The van der Waals surface area contributed by atoms with Crippen LogP contribution in [0.5, 0.6) is 0 Å². The average Bonchev–Trinajstić information content (AvgIpc) is 3.61. The van der Waals surface area contributed by atoms with Crippen LogP contribution in [0.15, 0.2) is 128 Å². The van der Waals surface area contributed by atoms with E-state index in [0.29, 0.717) is 32.3 Å². The second kappa shape index (κ2) is 17.8. The third-order valence-electron chi connectivity index (χ3n) is 8.48. The van der Waals surface area contributed by atoms with Crippen LogP contribution in [0.3, 0.4) is 0 Å². The standard InChI is InChI=1S/C40H45N2O7P/c1-3-48-50(43,49-4-2)36-25-42-35(30-44-26-31-17-9-5-10-18-31)37(45-27-32-19-11-6-12-20-32)38(46-28-33-21-13-7-14-22-33)39(40(42)41-36)47-29-34-23-15-8-16-24-34/h5-25,35,37-39H,3-4,26-30H2,1-2H3/t35-,37-,38+,39+/m1/s1. The van der Waals surface area contributed by atoms with Gasteiger partial charge in [0.25, 0.3) is 0 Å². The number of rotatable bonds is 18. The molecule has 0 unspecified atom stereocenters. The lowest BCUT2D eigenvalue weighted by Gasteiger charge is -2.42. The van der Waals surface area contributed by atoms with E-state index in [1.807, 2.05) is 126 Å². The molecule has 0 amide bonds. The molecule has 1 aromatic heterocycles. The van der Waals surface area contributed by atoms with E-state index in [1.165, 1.54) is 0 Å². The minimum absolute atomic E-state index is 0.197. The minimum Gasteiger partial charge on any atom is -0.375 e. The second-order valence-electron chi connectivity index (χ2n) is 12.0. The first-order valence-corrected chi connectivity index (χ1v) is 18.7. The zero-order valence-electron chi connectivity index (χ0n) is 28.6. The molecule has 2 heterocycles. The van der Waals surface area contributed by atoms with Crippen LogP contribution in [0.1, 0.15) is 54.1 Å². The number of nitrogens with zero attached hydrogens (tertiary/aromatic N) is 2. The van der Waals surface area contributed by atoms with Crippen molar-refractivity contribution < 1.29 is 32.6 Å². The third kappa shape index (κ3) is 9.05. The van der Waals surface area contributed by atoms with Crippen LogP contribution in [-0.4, -0.2) is 41.6 Å². The zero-order chi connectivity index (χ0) is 34.6. The van der Waals surface area contributed by atoms with Gasteiger partial charge in [-0.3, -0.25) is 4.57 Å². The summed E-state index contributed by atoms with van der Waals surface area (Å²) in [4.78, 5) is 4.96. The van der Waals surface area contributed by atoms with E-state index in [-0.39, 0.29) is 25.3 Å². The van der Waals surface area contributed by atoms with Crippen LogP contribution < -0.4 is 5.44 Å². The third-order valence-corrected chi connectivity index (χ3v) is 10.5. The van der Waals surface area contributed by atoms with Gasteiger partial charge in [-0.05, 0) is 36.1 Å². The first-order valence-electron chi connectivity index (χ1n) is 17.1. The summed E-state index contributed by atoms with van der Waals surface area (Å²) in [6, 6.07) is 39.6. The number of aromatic nitrogens is 2. The van der Waals surface area contributed by atoms with Gasteiger partial charge in [-0.25, -0.2) is 4.98 Å². The topological polar surface area (TPSA) is 90.3 Å². The summed E-state index contributed by atoms with van der Waals surface area (Å²) in [6.45, 7) is 5.59. The normalized spacial score (nSPS) is 18.9. The van der Waals surface area contributed by atoms with E-state index in [1.54, 1.807) is 20.0 Å². The molecule has 50 heavy (non-hydrogen) atoms. The molecule has 0 radical (unpaired) electrons. The predicted molar refractivity (Wildman–Crippen MR) is 192 cm³/mol. The molecular weight excluding hydrogens is 651 g/mol. The Kier molecular flexibility index (Phi) is 12.8. The number of hydrogen-bond donors (Lipinski definition) is 0. The summed E-state index contributed by atoms with van der Waals surface area (Å²) in [5.74, 6) is 0.543. The fourth-order valence-corrected chi connectivity index (χ4v) is 7.62. The number of imidazole rings is 1. The first-order chi connectivity index (χ1) is 24.6. The number of fused-ring (bicyclic) bond motifs is 1. The molecular formula is C40H45N2O7P. The molecule has 0 bridgehead atoms. The van der Waals surface area contributed by atoms with E-state index in [4.69, 9.17) is 33.0 Å². The van der Waals surface area contributed by atoms with Gasteiger partial charge in [-0.2, -0.15) is 0 Å². The molecule has 1 aliphatic heterocycles. The molecule has 0 N–H and O–H groups in total. The van der Waals surface area contributed by atoms with Crippen LogP contribution in [0.4, 0.5) is 0 Å². The highest BCUT2D eigenvalue weighted by atomic mass is 31.2. The van der Waals surface area contributed by atoms with Crippen molar-refractivity contribution in [1.29, 1.82) is 0 Å². The predicted octanol–water partition coefficient (Wildman–Crippen LogP) is 7.97. The van der Waals surface area contributed by atoms with Crippen molar-refractivity contribution in [2.45, 2.75) is 64.6 Å². The van der Waals surface area contributed by atoms with Crippen LogP contribution in [-0.2, 0) is 59.0 Å². The Morgan fingerprint density at radius 1 is 0.600 bits per heavy atom. The average molecular weight is 697 g/mol. The molecule has 6 rings (SSSR count). The summed E-state index contributed by atoms with van der Waals surface area (Å²) in [5.41, 5.74) is 4.30. The van der Waals surface area contributed by atoms with Gasteiger partial charge in [-0.15, -0.1) is 0 Å².